The molecule has 6 N–H and O–H groups in total. The van der Waals surface area contributed by atoms with Gasteiger partial charge in [0.15, 0.2) is 0 Å². The van der Waals surface area contributed by atoms with Crippen molar-refractivity contribution in [3.63, 3.8) is 0 Å². The van der Waals surface area contributed by atoms with E-state index in [0.717, 1.165) is 50.8 Å². The van der Waals surface area contributed by atoms with Crippen LogP contribution in [0.5, 0.6) is 0 Å². The van der Waals surface area contributed by atoms with Gasteiger partial charge >= 0.3 is 12.1 Å². The van der Waals surface area contributed by atoms with Gasteiger partial charge < -0.3 is 21.9 Å². The Labute approximate surface area is 273 Å². The van der Waals surface area contributed by atoms with Crippen molar-refractivity contribution in [3.8, 4) is 0 Å². The monoisotopic (exact) mass is 639 g/mol. The van der Waals surface area contributed by atoms with Gasteiger partial charge in [-0.3, -0.25) is 4.79 Å². The van der Waals surface area contributed by atoms with Crippen molar-refractivity contribution < 1.29 is 23.1 Å². The molecule has 2 aliphatic carbocycles. The number of hydrogen-bond donors (Lipinski definition) is 4. The number of allylic oxidation sites excluding steroid dienone is 10. The fourth-order valence-corrected chi connectivity index (χ4v) is 4.14. The largest absolute Gasteiger partial charge is 0.481 e. The Morgan fingerprint density at radius 1 is 1.00 bits per heavy atom. The van der Waals surface area contributed by atoms with Gasteiger partial charge in [0.2, 0.25) is 0 Å². The molecule has 1 fully saturated rings. The number of carboxylic acids is 1. The summed E-state index contributed by atoms with van der Waals surface area (Å²) in [7, 11) is 0. The summed E-state index contributed by atoms with van der Waals surface area (Å²) in [6, 6.07) is 0. The van der Waals surface area contributed by atoms with Crippen LogP contribution in [0.15, 0.2) is 81.9 Å². The van der Waals surface area contributed by atoms with E-state index in [-0.39, 0.29) is 11.4 Å². The normalized spacial score (nSPS) is 15.9. The molecule has 5 nitrogen and oxygen atoms in total. The predicted molar refractivity (Wildman–Crippen MR) is 188 cm³/mol. The Morgan fingerprint density at radius 3 is 2.00 bits per heavy atom. The molecule has 2 aliphatic rings. The molecule has 0 atom stereocenters. The molecule has 0 aromatic carbocycles. The predicted octanol–water partition coefficient (Wildman–Crippen LogP) is 10.8. The molecular weight excluding hydrogens is 575 g/mol. The quantitative estimate of drug-likeness (QED) is 0.156. The highest BCUT2D eigenvalue weighted by atomic mass is 19.4. The topological polar surface area (TPSA) is 101 Å². The number of aliphatic carboxylic acids is 1. The van der Waals surface area contributed by atoms with Gasteiger partial charge in [0, 0.05) is 24.2 Å². The Hall–Kier alpha value is -3.16. The third kappa shape index (κ3) is 23.8. The second-order valence-corrected chi connectivity index (χ2v) is 10.8. The van der Waals surface area contributed by atoms with Gasteiger partial charge in [-0.25, -0.2) is 0 Å². The van der Waals surface area contributed by atoms with Crippen molar-refractivity contribution in [2.45, 2.75) is 133 Å². The lowest BCUT2D eigenvalue weighted by atomic mass is 9.87. The fraction of sp³-hybridized carbons (Fsp3) is 0.595. The molecule has 0 heterocycles. The van der Waals surface area contributed by atoms with Crippen molar-refractivity contribution >= 4 is 5.97 Å². The van der Waals surface area contributed by atoms with Gasteiger partial charge in [0.05, 0.1) is 11.4 Å². The number of carboxylic acid groups (broad SMARTS) is 1. The molecule has 0 spiro atoms. The standard InChI is InChI=1S/C15H23N.C10H15F3N2.C8H14O2.2C2H6/c1-11(2)13(4)10-15(16)14-7-5-6-12(3)8-9-14;1-4-8(14)9(15-5-2)6-7(3)10(11,12)13;9-8(10)6-7-4-2-1-3-5-7;2*1-2/h6-7,10H,5,8-9,16H2,1-4H3;4,6,15H,1,5,14H2,2-3H3;7H,1-6H2,(H,9,10);2*1-2H3/b15-10-;7-6+,9-8-;;;. The van der Waals surface area contributed by atoms with Gasteiger partial charge in [0.1, 0.15) is 0 Å². The molecule has 45 heavy (non-hydrogen) atoms. The minimum absolute atomic E-state index is 0.195. The Kier molecular flexibility index (Phi) is 27.9. The summed E-state index contributed by atoms with van der Waals surface area (Å²) in [6.45, 7) is 23.2. The molecule has 2 rings (SSSR count). The fourth-order valence-electron chi connectivity index (χ4n) is 4.14. The highest BCUT2D eigenvalue weighted by molar-refractivity contribution is 5.67. The smallest absolute Gasteiger partial charge is 0.412 e. The van der Waals surface area contributed by atoms with Crippen molar-refractivity contribution in [1.82, 2.24) is 5.32 Å². The first kappa shape index (κ1) is 46.3. The zero-order valence-electron chi connectivity index (χ0n) is 29.9. The van der Waals surface area contributed by atoms with Crippen LogP contribution < -0.4 is 16.8 Å². The molecule has 0 bridgehead atoms. The zero-order valence-corrected chi connectivity index (χ0v) is 29.9. The highest BCUT2D eigenvalue weighted by Crippen LogP contribution is 2.27. The van der Waals surface area contributed by atoms with E-state index in [9.17, 15) is 18.0 Å². The molecule has 0 unspecified atom stereocenters. The molecule has 0 radical (unpaired) electrons. The van der Waals surface area contributed by atoms with Gasteiger partial charge in [-0.2, -0.15) is 13.2 Å². The highest BCUT2D eigenvalue weighted by Gasteiger charge is 2.30. The average molecular weight is 640 g/mol. The minimum atomic E-state index is -4.33. The van der Waals surface area contributed by atoms with Gasteiger partial charge in [-0.1, -0.05) is 82.4 Å². The first-order valence-electron chi connectivity index (χ1n) is 16.4. The van der Waals surface area contributed by atoms with E-state index in [4.69, 9.17) is 16.6 Å². The number of nitrogens with one attached hydrogen (secondary N) is 1. The van der Waals surface area contributed by atoms with E-state index in [2.05, 4.69) is 57.8 Å². The Bertz CT molecular complexity index is 1040. The molecule has 0 aliphatic heterocycles. The lowest BCUT2D eigenvalue weighted by molar-refractivity contribution is -0.138. The van der Waals surface area contributed by atoms with Crippen LogP contribution in [0.2, 0.25) is 0 Å². The number of halogens is 3. The molecule has 0 saturated heterocycles. The number of carbonyl (C=O) groups is 1. The first-order chi connectivity index (χ1) is 21.1. The van der Waals surface area contributed by atoms with Crippen LogP contribution in [-0.2, 0) is 4.79 Å². The van der Waals surface area contributed by atoms with Crippen LogP contribution in [0.1, 0.15) is 127 Å². The van der Waals surface area contributed by atoms with E-state index in [1.165, 1.54) is 47.6 Å². The van der Waals surface area contributed by atoms with E-state index in [1.807, 2.05) is 27.7 Å². The SMILES string of the molecule is C=C/C(N)=C(\C=C(/C)C(F)(F)F)NCC.CC.CC.CC1=CCC=C(/C(N)=C/C(C)=C(C)C)CC1.O=C(O)CC1CCCCC1. The number of likely N-dealkylation sites (N-methyl/N-ethyl adjacent to an activating group) is 1. The second-order valence-electron chi connectivity index (χ2n) is 10.8. The lowest BCUT2D eigenvalue weighted by Crippen LogP contribution is -2.18. The lowest BCUT2D eigenvalue weighted by Gasteiger charge is -2.18. The van der Waals surface area contributed by atoms with Crippen LogP contribution in [0.3, 0.4) is 0 Å². The van der Waals surface area contributed by atoms with E-state index >= 15 is 0 Å². The molecule has 8 heteroatoms. The summed E-state index contributed by atoms with van der Waals surface area (Å²) in [6.07, 6.45) is 14.2. The van der Waals surface area contributed by atoms with Crippen LogP contribution in [0.4, 0.5) is 13.2 Å². The summed E-state index contributed by atoms with van der Waals surface area (Å²) >= 11 is 0. The molecule has 1 saturated carbocycles. The third-order valence-electron chi connectivity index (χ3n) is 7.04. The van der Waals surface area contributed by atoms with Gasteiger partial charge in [-0.15, -0.1) is 0 Å². The van der Waals surface area contributed by atoms with E-state index < -0.39 is 17.7 Å². The van der Waals surface area contributed by atoms with Crippen LogP contribution in [0.25, 0.3) is 0 Å². The number of nitrogens with two attached hydrogens (primary N) is 2. The summed E-state index contributed by atoms with van der Waals surface area (Å²) in [5.74, 6) is -0.154. The van der Waals surface area contributed by atoms with Gasteiger partial charge in [-0.05, 0) is 103 Å². The maximum atomic E-state index is 12.2. The number of hydrogen-bond acceptors (Lipinski definition) is 4. The minimum Gasteiger partial charge on any atom is -0.481 e. The third-order valence-corrected chi connectivity index (χ3v) is 7.04. The Balaban J connectivity index is -0.000000567. The van der Waals surface area contributed by atoms with Gasteiger partial charge in [0.25, 0.3) is 0 Å². The van der Waals surface area contributed by atoms with E-state index in [1.54, 1.807) is 6.92 Å². The number of rotatable bonds is 8. The number of alkyl halides is 3. The maximum Gasteiger partial charge on any atom is 0.412 e. The summed E-state index contributed by atoms with van der Waals surface area (Å²) in [5, 5.41) is 11.2. The first-order valence-corrected chi connectivity index (χ1v) is 16.4. The van der Waals surface area contributed by atoms with Crippen molar-refractivity contribution in [3.05, 3.63) is 81.9 Å². The molecule has 0 aromatic heterocycles. The van der Waals surface area contributed by atoms with Crippen molar-refractivity contribution in [2.75, 3.05) is 6.54 Å². The van der Waals surface area contributed by atoms with Crippen molar-refractivity contribution in [1.29, 1.82) is 0 Å². The molecule has 260 valence electrons. The van der Waals surface area contributed by atoms with Crippen LogP contribution in [-0.4, -0.2) is 23.8 Å². The van der Waals surface area contributed by atoms with Crippen LogP contribution >= 0.6 is 0 Å². The zero-order chi connectivity index (χ0) is 35.6. The summed E-state index contributed by atoms with van der Waals surface area (Å²) < 4.78 is 36.7. The average Bonchev–Trinajstić information content (AvgIpc) is 3.23. The molecule has 0 aromatic rings. The Morgan fingerprint density at radius 2 is 1.56 bits per heavy atom. The summed E-state index contributed by atoms with van der Waals surface area (Å²) in [5.41, 5.74) is 17.6. The second kappa shape index (κ2) is 27.2. The van der Waals surface area contributed by atoms with Crippen molar-refractivity contribution in [2.24, 2.45) is 17.4 Å². The maximum absolute atomic E-state index is 12.2. The molecular formula is C37H64F3N3O2. The van der Waals surface area contributed by atoms with E-state index in [0.29, 0.717) is 18.9 Å². The molecule has 0 amide bonds. The van der Waals surface area contributed by atoms with Crippen LogP contribution in [0, 0.1) is 5.92 Å². The summed E-state index contributed by atoms with van der Waals surface area (Å²) in [4.78, 5) is 10.3.